The Hall–Kier alpha value is -1.51. The minimum absolute atomic E-state index is 0.652. The van der Waals surface area contributed by atoms with Crippen LogP contribution in [-0.4, -0.2) is 18.2 Å². The molecular weight excluding hydrogens is 294 g/mol. The second kappa shape index (κ2) is 6.31. The highest BCUT2D eigenvalue weighted by molar-refractivity contribution is 6.32. The van der Waals surface area contributed by atoms with Crippen LogP contribution < -0.4 is 4.74 Å². The van der Waals surface area contributed by atoms with Gasteiger partial charge in [-0.15, -0.1) is 0 Å². The van der Waals surface area contributed by atoms with E-state index < -0.39 is 0 Å². The minimum Gasteiger partial charge on any atom is -0.478 e. The molecule has 3 heteroatoms. The van der Waals surface area contributed by atoms with E-state index >= 15 is 0 Å². The molecule has 1 aliphatic heterocycles. The number of benzene rings is 2. The average Bonchev–Trinajstić information content (AvgIpc) is 2.52. The molecule has 3 rings (SSSR count). The number of ether oxygens (including phenoxy) is 1. The Morgan fingerprint density at radius 1 is 1.14 bits per heavy atom. The third kappa shape index (κ3) is 3.13. The fraction of sp³-hybridized carbons (Fsp3) is 0.368. The molecule has 22 heavy (non-hydrogen) atoms. The molecule has 0 saturated carbocycles. The first-order valence-corrected chi connectivity index (χ1v) is 8.11. The molecule has 0 unspecified atom stereocenters. The van der Waals surface area contributed by atoms with Crippen molar-refractivity contribution in [3.63, 3.8) is 0 Å². The summed E-state index contributed by atoms with van der Waals surface area (Å²) in [5, 5.41) is 0.864. The SMILES string of the molecule is Cc1ccc(CCN2COc3cc(C)c(Cl)c(C)c3C2)cc1. The van der Waals surface area contributed by atoms with Crippen LogP contribution in [0.15, 0.2) is 30.3 Å². The lowest BCUT2D eigenvalue weighted by Crippen LogP contribution is -2.34. The van der Waals surface area contributed by atoms with E-state index in [1.165, 1.54) is 16.7 Å². The zero-order chi connectivity index (χ0) is 15.7. The zero-order valence-electron chi connectivity index (χ0n) is 13.4. The van der Waals surface area contributed by atoms with Crippen LogP contribution in [0.25, 0.3) is 0 Å². The van der Waals surface area contributed by atoms with Gasteiger partial charge in [0, 0.05) is 23.7 Å². The summed E-state index contributed by atoms with van der Waals surface area (Å²) < 4.78 is 5.93. The second-order valence-electron chi connectivity index (χ2n) is 6.17. The number of rotatable bonds is 3. The molecule has 0 aromatic heterocycles. The van der Waals surface area contributed by atoms with E-state index in [-0.39, 0.29) is 0 Å². The van der Waals surface area contributed by atoms with E-state index in [4.69, 9.17) is 16.3 Å². The van der Waals surface area contributed by atoms with Crippen molar-refractivity contribution in [3.8, 4) is 5.75 Å². The van der Waals surface area contributed by atoms with Crippen molar-refractivity contribution in [1.82, 2.24) is 4.90 Å². The average molecular weight is 316 g/mol. The number of halogens is 1. The van der Waals surface area contributed by atoms with Crippen LogP contribution in [0.3, 0.4) is 0 Å². The van der Waals surface area contributed by atoms with Crippen molar-refractivity contribution in [2.24, 2.45) is 0 Å². The predicted molar refractivity (Wildman–Crippen MR) is 91.7 cm³/mol. The van der Waals surface area contributed by atoms with Crippen LogP contribution >= 0.6 is 11.6 Å². The molecule has 2 aromatic carbocycles. The second-order valence-corrected chi connectivity index (χ2v) is 6.55. The van der Waals surface area contributed by atoms with E-state index in [2.05, 4.69) is 49.1 Å². The van der Waals surface area contributed by atoms with Crippen molar-refractivity contribution in [1.29, 1.82) is 0 Å². The van der Waals surface area contributed by atoms with Gasteiger partial charge < -0.3 is 4.74 Å². The van der Waals surface area contributed by atoms with Crippen molar-refractivity contribution in [3.05, 3.63) is 63.2 Å². The van der Waals surface area contributed by atoms with Crippen molar-refractivity contribution >= 4 is 11.6 Å². The van der Waals surface area contributed by atoms with Crippen molar-refractivity contribution in [2.45, 2.75) is 33.7 Å². The summed E-state index contributed by atoms with van der Waals surface area (Å²) in [6, 6.07) is 10.8. The Bertz CT molecular complexity index is 679. The molecule has 0 bridgehead atoms. The van der Waals surface area contributed by atoms with Gasteiger partial charge in [-0.25, -0.2) is 0 Å². The lowest BCUT2D eigenvalue weighted by atomic mass is 10.0. The molecule has 2 aromatic rings. The first-order chi connectivity index (χ1) is 10.5. The third-order valence-corrected chi connectivity index (χ3v) is 4.98. The van der Waals surface area contributed by atoms with Gasteiger partial charge in [0.15, 0.2) is 0 Å². The fourth-order valence-electron chi connectivity index (χ4n) is 2.90. The van der Waals surface area contributed by atoms with E-state index in [9.17, 15) is 0 Å². The lowest BCUT2D eigenvalue weighted by Gasteiger charge is -2.30. The first-order valence-electron chi connectivity index (χ1n) is 7.74. The Kier molecular flexibility index (Phi) is 4.42. The van der Waals surface area contributed by atoms with Gasteiger partial charge in [0.25, 0.3) is 0 Å². The van der Waals surface area contributed by atoms with Crippen molar-refractivity contribution in [2.75, 3.05) is 13.3 Å². The maximum Gasteiger partial charge on any atom is 0.142 e. The van der Waals surface area contributed by atoms with Crippen LogP contribution in [0, 0.1) is 20.8 Å². The molecular formula is C19H22ClNO. The summed E-state index contributed by atoms with van der Waals surface area (Å²) in [4.78, 5) is 2.33. The highest BCUT2D eigenvalue weighted by Gasteiger charge is 2.21. The van der Waals surface area contributed by atoms with E-state index in [0.29, 0.717) is 6.73 Å². The number of hydrogen-bond acceptors (Lipinski definition) is 2. The maximum atomic E-state index is 6.38. The summed E-state index contributed by atoms with van der Waals surface area (Å²) in [6.07, 6.45) is 1.04. The molecule has 0 atom stereocenters. The molecule has 1 heterocycles. The fourth-order valence-corrected chi connectivity index (χ4v) is 3.07. The van der Waals surface area contributed by atoms with Gasteiger partial charge in [-0.1, -0.05) is 41.4 Å². The molecule has 2 nitrogen and oxygen atoms in total. The van der Waals surface area contributed by atoms with Crippen LogP contribution in [0.1, 0.15) is 27.8 Å². The van der Waals surface area contributed by atoms with E-state index in [1.54, 1.807) is 0 Å². The summed E-state index contributed by atoms with van der Waals surface area (Å²) in [6.45, 7) is 8.79. The molecule has 0 N–H and O–H groups in total. The molecule has 116 valence electrons. The molecule has 0 saturated heterocycles. The quantitative estimate of drug-likeness (QED) is 0.816. The van der Waals surface area contributed by atoms with Gasteiger partial charge >= 0.3 is 0 Å². The molecule has 0 radical (unpaired) electrons. The van der Waals surface area contributed by atoms with Gasteiger partial charge in [0.05, 0.1) is 0 Å². The standard InChI is InChI=1S/C19H22ClNO/c1-13-4-6-16(7-5-13)8-9-21-11-17-15(3)19(20)14(2)10-18(17)22-12-21/h4-7,10H,8-9,11-12H2,1-3H3. The van der Waals surface area contributed by atoms with Gasteiger partial charge in [0.2, 0.25) is 0 Å². The lowest BCUT2D eigenvalue weighted by molar-refractivity contribution is 0.0960. The topological polar surface area (TPSA) is 12.5 Å². The number of nitrogens with zero attached hydrogens (tertiary/aromatic N) is 1. The monoisotopic (exact) mass is 315 g/mol. The number of fused-ring (bicyclic) bond motifs is 1. The van der Waals surface area contributed by atoms with Crippen LogP contribution in [0.5, 0.6) is 5.75 Å². The normalized spacial score (nSPS) is 14.5. The third-order valence-electron chi connectivity index (χ3n) is 4.39. The van der Waals surface area contributed by atoms with Crippen LogP contribution in [-0.2, 0) is 13.0 Å². The largest absolute Gasteiger partial charge is 0.478 e. The molecule has 0 amide bonds. The van der Waals surface area contributed by atoms with Crippen LogP contribution in [0.2, 0.25) is 5.02 Å². The molecule has 0 spiro atoms. The zero-order valence-corrected chi connectivity index (χ0v) is 14.2. The molecule has 0 aliphatic carbocycles. The van der Waals surface area contributed by atoms with Gasteiger partial charge in [-0.05, 0) is 49.9 Å². The summed E-state index contributed by atoms with van der Waals surface area (Å²) in [5.41, 5.74) is 6.14. The first kappa shape index (κ1) is 15.4. The van der Waals surface area contributed by atoms with E-state index in [1.807, 2.05) is 6.92 Å². The van der Waals surface area contributed by atoms with E-state index in [0.717, 1.165) is 41.4 Å². The summed E-state index contributed by atoms with van der Waals surface area (Å²) >= 11 is 6.38. The highest BCUT2D eigenvalue weighted by Crippen LogP contribution is 2.34. The summed E-state index contributed by atoms with van der Waals surface area (Å²) in [5.74, 6) is 0.992. The molecule has 0 fully saturated rings. The van der Waals surface area contributed by atoms with Gasteiger partial charge in [-0.3, -0.25) is 4.90 Å². The minimum atomic E-state index is 0.652. The smallest absolute Gasteiger partial charge is 0.142 e. The highest BCUT2D eigenvalue weighted by atomic mass is 35.5. The molecule has 1 aliphatic rings. The maximum absolute atomic E-state index is 6.38. The van der Waals surface area contributed by atoms with Crippen molar-refractivity contribution < 1.29 is 4.74 Å². The summed E-state index contributed by atoms with van der Waals surface area (Å²) in [7, 11) is 0. The Morgan fingerprint density at radius 2 is 1.86 bits per heavy atom. The Morgan fingerprint density at radius 3 is 2.59 bits per heavy atom. The predicted octanol–water partition coefficient (Wildman–Crippen LogP) is 4.66. The van der Waals surface area contributed by atoms with Crippen LogP contribution in [0.4, 0.5) is 0 Å². The Labute approximate surface area is 137 Å². The Balaban J connectivity index is 1.69. The number of aryl methyl sites for hydroxylation is 2. The van der Waals surface area contributed by atoms with Gasteiger partial charge in [-0.2, -0.15) is 0 Å². The van der Waals surface area contributed by atoms with Gasteiger partial charge in [0.1, 0.15) is 12.5 Å². The number of hydrogen-bond donors (Lipinski definition) is 0.